The maximum atomic E-state index is 13.7. The van der Waals surface area contributed by atoms with Crippen LogP contribution in [0.5, 0.6) is 0 Å². The molecule has 0 aromatic rings. The average Bonchev–Trinajstić information content (AvgIpc) is 3.17. The van der Waals surface area contributed by atoms with Gasteiger partial charge in [0.25, 0.3) is 0 Å². The standard InChI is InChI=1S/C30H43F3O3/c1-16-14-23(30(31,32)33)36-19-15-27(7)21-9-8-20-25(4,5)22(35-18(3)34)10-11-28(20)17(2)29(21,28)13-12-26(27,6)24(16)19/h14,16-17,19-22,24H,8-13,15H2,1-7H3/t16-,17-,19?,20?,21+,22+,24?,26-,27+,28-,29+/m1/s1. The number of carbonyl (C=O) groups is 1. The summed E-state index contributed by atoms with van der Waals surface area (Å²) in [4.78, 5) is 11.9. The summed E-state index contributed by atoms with van der Waals surface area (Å²) in [6, 6.07) is 0. The van der Waals surface area contributed by atoms with Crippen molar-refractivity contribution >= 4 is 5.97 Å². The fourth-order valence-corrected chi connectivity index (χ4v) is 12.3. The van der Waals surface area contributed by atoms with Crippen LogP contribution in [0.2, 0.25) is 0 Å². The summed E-state index contributed by atoms with van der Waals surface area (Å²) >= 11 is 0. The van der Waals surface area contributed by atoms with Crippen molar-refractivity contribution in [3.8, 4) is 0 Å². The fourth-order valence-electron chi connectivity index (χ4n) is 12.3. The molecule has 1 aliphatic heterocycles. The normalized spacial score (nSPS) is 54.5. The molecule has 6 heteroatoms. The highest BCUT2D eigenvalue weighted by Crippen LogP contribution is 2.91. The Morgan fingerprint density at radius 1 is 0.972 bits per heavy atom. The van der Waals surface area contributed by atoms with Crippen LogP contribution in [0.25, 0.3) is 0 Å². The lowest BCUT2D eigenvalue weighted by molar-refractivity contribution is -0.181. The van der Waals surface area contributed by atoms with Gasteiger partial charge in [0, 0.05) is 18.3 Å². The highest BCUT2D eigenvalue weighted by molar-refractivity contribution is 5.66. The molecule has 3 unspecified atom stereocenters. The number of alkyl halides is 3. The summed E-state index contributed by atoms with van der Waals surface area (Å²) in [6.45, 7) is 15.4. The molecule has 5 saturated carbocycles. The van der Waals surface area contributed by atoms with Crippen LogP contribution in [-0.2, 0) is 14.3 Å². The predicted octanol–water partition coefficient (Wildman–Crippen LogP) is 7.69. The Bertz CT molecular complexity index is 1020. The molecule has 6 rings (SSSR count). The zero-order valence-electron chi connectivity index (χ0n) is 22.9. The Morgan fingerprint density at radius 2 is 1.61 bits per heavy atom. The van der Waals surface area contributed by atoms with E-state index in [1.54, 1.807) is 0 Å². The van der Waals surface area contributed by atoms with Crippen molar-refractivity contribution in [2.45, 2.75) is 112 Å². The smallest absolute Gasteiger partial charge is 0.448 e. The summed E-state index contributed by atoms with van der Waals surface area (Å²) in [6.07, 6.45) is 3.76. The van der Waals surface area contributed by atoms with Crippen LogP contribution in [0, 0.1) is 56.7 Å². The zero-order chi connectivity index (χ0) is 26.3. The number of esters is 1. The lowest BCUT2D eigenvalue weighted by atomic mass is 9.41. The third kappa shape index (κ3) is 2.65. The van der Waals surface area contributed by atoms with Gasteiger partial charge in [-0.3, -0.25) is 4.79 Å². The molecular formula is C30H43F3O3. The molecule has 0 N–H and O–H groups in total. The van der Waals surface area contributed by atoms with Crippen LogP contribution in [0.1, 0.15) is 93.4 Å². The van der Waals surface area contributed by atoms with Gasteiger partial charge in [0.1, 0.15) is 12.2 Å². The second kappa shape index (κ2) is 7.05. The van der Waals surface area contributed by atoms with Crippen molar-refractivity contribution in [3.63, 3.8) is 0 Å². The second-order valence-corrected chi connectivity index (χ2v) is 14.6. The molecule has 5 aliphatic carbocycles. The van der Waals surface area contributed by atoms with E-state index in [-0.39, 0.29) is 57.1 Å². The van der Waals surface area contributed by atoms with E-state index >= 15 is 0 Å². The van der Waals surface area contributed by atoms with Crippen molar-refractivity contribution in [1.29, 1.82) is 0 Å². The Balaban J connectivity index is 1.36. The molecule has 3 nitrogen and oxygen atoms in total. The number of hydrogen-bond donors (Lipinski definition) is 0. The molecule has 36 heavy (non-hydrogen) atoms. The SMILES string of the molecule is CC(=O)O[C@H]1CC[C@@]23C(CC[C@@H]4[C@]2(CC[C@]2(C)C5C(C[C@@]42C)OC(C(F)(F)F)=C[C@H]5C)[C@@H]3C)C1(C)C. The number of rotatable bonds is 1. The third-order valence-electron chi connectivity index (χ3n) is 13.6. The van der Waals surface area contributed by atoms with Gasteiger partial charge in [0.2, 0.25) is 0 Å². The quantitative estimate of drug-likeness (QED) is 0.341. The van der Waals surface area contributed by atoms with Gasteiger partial charge in [-0.25, -0.2) is 0 Å². The number of halogens is 3. The first-order chi connectivity index (χ1) is 16.6. The van der Waals surface area contributed by atoms with E-state index in [9.17, 15) is 18.0 Å². The number of ether oxygens (including phenoxy) is 2. The van der Waals surface area contributed by atoms with Gasteiger partial charge in [-0.1, -0.05) is 41.5 Å². The molecule has 6 aliphatic rings. The van der Waals surface area contributed by atoms with E-state index in [0.717, 1.165) is 38.5 Å². The van der Waals surface area contributed by atoms with E-state index in [1.165, 1.54) is 19.4 Å². The van der Waals surface area contributed by atoms with Gasteiger partial charge < -0.3 is 9.47 Å². The van der Waals surface area contributed by atoms with Gasteiger partial charge in [-0.15, -0.1) is 0 Å². The molecule has 11 atom stereocenters. The lowest BCUT2D eigenvalue weighted by Crippen LogP contribution is -2.58. The van der Waals surface area contributed by atoms with Crippen molar-refractivity contribution in [2.75, 3.05) is 0 Å². The first-order valence-corrected chi connectivity index (χ1v) is 14.2. The number of carbonyl (C=O) groups excluding carboxylic acids is 1. The first kappa shape index (κ1) is 25.1. The van der Waals surface area contributed by atoms with Crippen LogP contribution in [0.15, 0.2) is 11.8 Å². The van der Waals surface area contributed by atoms with E-state index in [4.69, 9.17) is 9.47 Å². The van der Waals surface area contributed by atoms with E-state index in [2.05, 4.69) is 34.6 Å². The summed E-state index contributed by atoms with van der Waals surface area (Å²) in [5.74, 6) is 0.651. The molecule has 2 spiro atoms. The highest BCUT2D eigenvalue weighted by Gasteiger charge is 2.86. The Hall–Kier alpha value is -1.20. The van der Waals surface area contributed by atoms with Crippen LogP contribution in [0.3, 0.4) is 0 Å². The second-order valence-electron chi connectivity index (χ2n) is 14.6. The molecule has 0 aromatic carbocycles. The number of hydrogen-bond acceptors (Lipinski definition) is 3. The highest BCUT2D eigenvalue weighted by atomic mass is 19.4. The van der Waals surface area contributed by atoms with Gasteiger partial charge >= 0.3 is 12.1 Å². The molecule has 0 saturated heterocycles. The Morgan fingerprint density at radius 3 is 2.25 bits per heavy atom. The summed E-state index contributed by atoms with van der Waals surface area (Å²) in [5, 5.41) is 0. The predicted molar refractivity (Wildman–Crippen MR) is 131 cm³/mol. The average molecular weight is 509 g/mol. The minimum absolute atomic E-state index is 0.0264. The largest absolute Gasteiger partial charge is 0.486 e. The van der Waals surface area contributed by atoms with E-state index in [0.29, 0.717) is 17.8 Å². The molecule has 0 bridgehead atoms. The van der Waals surface area contributed by atoms with Crippen LogP contribution in [0.4, 0.5) is 13.2 Å². The Kier molecular flexibility index (Phi) is 4.92. The fraction of sp³-hybridized carbons (Fsp3) is 0.900. The minimum Gasteiger partial charge on any atom is -0.486 e. The molecule has 1 heterocycles. The maximum absolute atomic E-state index is 13.7. The topological polar surface area (TPSA) is 35.5 Å². The van der Waals surface area contributed by atoms with E-state index in [1.807, 2.05) is 6.92 Å². The molecular weight excluding hydrogens is 465 g/mol. The third-order valence-corrected chi connectivity index (χ3v) is 13.6. The summed E-state index contributed by atoms with van der Waals surface area (Å²) < 4.78 is 52.6. The number of fused-ring (bicyclic) bond motifs is 4. The maximum Gasteiger partial charge on any atom is 0.448 e. The van der Waals surface area contributed by atoms with Crippen molar-refractivity contribution in [2.24, 2.45) is 56.7 Å². The Labute approximate surface area is 213 Å². The first-order valence-electron chi connectivity index (χ1n) is 14.2. The molecule has 0 amide bonds. The van der Waals surface area contributed by atoms with Gasteiger partial charge in [0.05, 0.1) is 0 Å². The monoisotopic (exact) mass is 508 g/mol. The summed E-state index contributed by atoms with van der Waals surface area (Å²) in [7, 11) is 0. The molecule has 0 radical (unpaired) electrons. The van der Waals surface area contributed by atoms with Crippen molar-refractivity contribution < 1.29 is 27.4 Å². The zero-order valence-corrected chi connectivity index (χ0v) is 22.9. The van der Waals surface area contributed by atoms with Crippen molar-refractivity contribution in [1.82, 2.24) is 0 Å². The minimum atomic E-state index is -4.42. The lowest BCUT2D eigenvalue weighted by Gasteiger charge is -2.63. The van der Waals surface area contributed by atoms with E-state index < -0.39 is 11.9 Å². The van der Waals surface area contributed by atoms with Gasteiger partial charge in [-0.2, -0.15) is 13.2 Å². The summed E-state index contributed by atoms with van der Waals surface area (Å²) in [5.41, 5.74) is 0.377. The number of allylic oxidation sites excluding steroid dienone is 2. The van der Waals surface area contributed by atoms with Crippen LogP contribution < -0.4 is 0 Å². The molecule has 0 aromatic heterocycles. The van der Waals surface area contributed by atoms with Crippen LogP contribution >= 0.6 is 0 Å². The van der Waals surface area contributed by atoms with Gasteiger partial charge in [-0.05, 0) is 96.4 Å². The van der Waals surface area contributed by atoms with Crippen molar-refractivity contribution in [3.05, 3.63) is 11.8 Å². The van der Waals surface area contributed by atoms with Crippen LogP contribution in [-0.4, -0.2) is 24.4 Å². The molecule has 5 fully saturated rings. The van der Waals surface area contributed by atoms with Gasteiger partial charge in [0.15, 0.2) is 5.76 Å². The molecule has 202 valence electrons.